The molecule has 0 bridgehead atoms. The van der Waals surface area contributed by atoms with Crippen molar-refractivity contribution >= 4 is 45.8 Å². The van der Waals surface area contributed by atoms with Gasteiger partial charge in [-0.25, -0.2) is 9.97 Å². The molecule has 0 aliphatic heterocycles. The molecule has 0 aliphatic rings. The Hall–Kier alpha value is -2.28. The Bertz CT molecular complexity index is 1200. The second-order valence-corrected chi connectivity index (χ2v) is 7.55. The summed E-state index contributed by atoms with van der Waals surface area (Å²) in [4.78, 5) is 8.66. The van der Waals surface area contributed by atoms with Crippen LogP contribution < -0.4 is 0 Å². The third kappa shape index (κ3) is 4.06. The van der Waals surface area contributed by atoms with Gasteiger partial charge in [-0.15, -0.1) is 0 Å². The first-order valence-corrected chi connectivity index (χ1v) is 9.49. The minimum absolute atomic E-state index is 0.149. The van der Waals surface area contributed by atoms with E-state index in [9.17, 15) is 13.2 Å². The third-order valence-corrected chi connectivity index (χ3v) is 5.32. The molecule has 0 amide bonds. The average Bonchev–Trinajstić information content (AvgIpc) is 3.00. The minimum Gasteiger partial charge on any atom is -0.319 e. The summed E-state index contributed by atoms with van der Waals surface area (Å²) in [6.07, 6.45) is -2.87. The highest BCUT2D eigenvalue weighted by molar-refractivity contribution is 6.42. The predicted octanol–water partition coefficient (Wildman–Crippen LogP) is 7.13. The van der Waals surface area contributed by atoms with Crippen LogP contribution >= 0.6 is 34.8 Å². The molecular weight excluding hydrogens is 446 g/mol. The first kappa shape index (κ1) is 20.0. The minimum atomic E-state index is -4.42. The number of benzene rings is 2. The highest BCUT2D eigenvalue weighted by Crippen LogP contribution is 2.33. The number of pyridine rings is 1. The molecule has 9 heteroatoms. The van der Waals surface area contributed by atoms with Crippen LogP contribution in [-0.4, -0.2) is 14.5 Å². The number of aromatic nitrogens is 3. The second-order valence-electron chi connectivity index (χ2n) is 6.34. The molecule has 148 valence electrons. The molecule has 3 nitrogen and oxygen atoms in total. The lowest BCUT2D eigenvalue weighted by atomic mass is 10.1. The van der Waals surface area contributed by atoms with E-state index in [1.54, 1.807) is 41.1 Å². The quantitative estimate of drug-likeness (QED) is 0.307. The van der Waals surface area contributed by atoms with Gasteiger partial charge < -0.3 is 4.57 Å². The lowest BCUT2D eigenvalue weighted by molar-refractivity contribution is -0.137. The molecule has 4 aromatic rings. The van der Waals surface area contributed by atoms with E-state index in [1.165, 1.54) is 6.07 Å². The average molecular weight is 457 g/mol. The van der Waals surface area contributed by atoms with Crippen LogP contribution in [0.2, 0.25) is 15.2 Å². The maximum Gasteiger partial charge on any atom is 0.416 e. The van der Waals surface area contributed by atoms with E-state index in [0.717, 1.165) is 12.1 Å². The molecule has 2 aromatic heterocycles. The fourth-order valence-electron chi connectivity index (χ4n) is 3.04. The van der Waals surface area contributed by atoms with E-state index in [0.29, 0.717) is 43.2 Å². The number of imidazole rings is 1. The Labute approximate surface area is 178 Å². The molecule has 0 saturated heterocycles. The highest BCUT2D eigenvalue weighted by Gasteiger charge is 2.30. The van der Waals surface area contributed by atoms with E-state index in [1.807, 2.05) is 0 Å². The third-order valence-electron chi connectivity index (χ3n) is 4.37. The molecule has 0 aliphatic carbocycles. The van der Waals surface area contributed by atoms with Gasteiger partial charge in [0.1, 0.15) is 11.0 Å². The Kier molecular flexibility index (Phi) is 5.19. The van der Waals surface area contributed by atoms with Crippen molar-refractivity contribution in [3.8, 4) is 11.4 Å². The summed E-state index contributed by atoms with van der Waals surface area (Å²) >= 11 is 18.2. The number of alkyl halides is 3. The van der Waals surface area contributed by atoms with Gasteiger partial charge in [-0.05, 0) is 42.0 Å². The molecular formula is C20H11Cl3F3N3. The molecule has 29 heavy (non-hydrogen) atoms. The first-order valence-electron chi connectivity index (χ1n) is 8.36. The Morgan fingerprint density at radius 2 is 1.69 bits per heavy atom. The maximum atomic E-state index is 13.1. The second kappa shape index (κ2) is 7.52. The van der Waals surface area contributed by atoms with E-state index >= 15 is 0 Å². The Balaban J connectivity index is 1.89. The van der Waals surface area contributed by atoms with E-state index < -0.39 is 11.7 Å². The van der Waals surface area contributed by atoms with Gasteiger partial charge >= 0.3 is 6.18 Å². The van der Waals surface area contributed by atoms with Gasteiger partial charge in [-0.1, -0.05) is 46.9 Å². The molecule has 2 heterocycles. The summed E-state index contributed by atoms with van der Waals surface area (Å²) in [7, 11) is 0. The van der Waals surface area contributed by atoms with Crippen molar-refractivity contribution in [3.05, 3.63) is 81.1 Å². The molecule has 0 atom stereocenters. The number of halogens is 6. The summed E-state index contributed by atoms with van der Waals surface area (Å²) in [5.74, 6) is 0.514. The highest BCUT2D eigenvalue weighted by atomic mass is 35.5. The molecule has 0 spiro atoms. The van der Waals surface area contributed by atoms with Crippen LogP contribution in [0.5, 0.6) is 0 Å². The molecule has 0 fully saturated rings. The van der Waals surface area contributed by atoms with Crippen LogP contribution in [0.3, 0.4) is 0 Å². The lowest BCUT2D eigenvalue weighted by Crippen LogP contribution is -2.07. The molecule has 0 radical (unpaired) electrons. The summed E-state index contributed by atoms with van der Waals surface area (Å²) in [5.41, 5.74) is 1.62. The molecule has 4 rings (SSSR count). The number of hydrogen-bond acceptors (Lipinski definition) is 2. The standard InChI is InChI=1S/C20H11Cl3F3N3/c21-14-7-16-17(8-15(14)22)29(19(28-16)12-4-5-18(23)27-9-12)10-11-2-1-3-13(6-11)20(24,25)26/h1-9H,10H2. The van der Waals surface area contributed by atoms with Gasteiger partial charge in [0.2, 0.25) is 0 Å². The van der Waals surface area contributed by atoms with Gasteiger partial charge in [0.15, 0.2) is 0 Å². The normalized spacial score (nSPS) is 11.9. The number of fused-ring (bicyclic) bond motifs is 1. The first-order chi connectivity index (χ1) is 13.7. The summed E-state index contributed by atoms with van der Waals surface area (Å²) < 4.78 is 41.1. The van der Waals surface area contributed by atoms with Gasteiger partial charge in [0.25, 0.3) is 0 Å². The van der Waals surface area contributed by atoms with E-state index in [4.69, 9.17) is 34.8 Å². The van der Waals surface area contributed by atoms with Gasteiger partial charge in [-0.3, -0.25) is 0 Å². The summed E-state index contributed by atoms with van der Waals surface area (Å²) in [6, 6.07) is 11.8. The fraction of sp³-hybridized carbons (Fsp3) is 0.100. The van der Waals surface area contributed by atoms with Crippen molar-refractivity contribution in [3.63, 3.8) is 0 Å². The fourth-order valence-corrected chi connectivity index (χ4v) is 3.46. The molecule has 0 N–H and O–H groups in total. The Morgan fingerprint density at radius 3 is 2.38 bits per heavy atom. The Morgan fingerprint density at radius 1 is 0.931 bits per heavy atom. The van der Waals surface area contributed by atoms with Crippen LogP contribution in [0.25, 0.3) is 22.4 Å². The monoisotopic (exact) mass is 455 g/mol. The van der Waals surface area contributed by atoms with E-state index in [2.05, 4.69) is 9.97 Å². The predicted molar refractivity (Wildman–Crippen MR) is 109 cm³/mol. The van der Waals surface area contributed by atoms with Crippen molar-refractivity contribution < 1.29 is 13.2 Å². The van der Waals surface area contributed by atoms with Gasteiger partial charge in [-0.2, -0.15) is 13.2 Å². The van der Waals surface area contributed by atoms with Gasteiger partial charge in [0, 0.05) is 18.3 Å². The van der Waals surface area contributed by atoms with Gasteiger partial charge in [0.05, 0.1) is 26.6 Å². The topological polar surface area (TPSA) is 30.7 Å². The smallest absolute Gasteiger partial charge is 0.319 e. The van der Waals surface area contributed by atoms with Crippen LogP contribution in [0.4, 0.5) is 13.2 Å². The van der Waals surface area contributed by atoms with E-state index in [-0.39, 0.29) is 6.54 Å². The number of nitrogens with zero attached hydrogens (tertiary/aromatic N) is 3. The molecule has 0 saturated carbocycles. The van der Waals surface area contributed by atoms with Crippen LogP contribution in [0.1, 0.15) is 11.1 Å². The van der Waals surface area contributed by atoms with Crippen LogP contribution in [0, 0.1) is 0 Å². The van der Waals surface area contributed by atoms with Crippen molar-refractivity contribution in [2.24, 2.45) is 0 Å². The summed E-state index contributed by atoms with van der Waals surface area (Å²) in [5, 5.41) is 0.981. The summed E-state index contributed by atoms with van der Waals surface area (Å²) in [6.45, 7) is 0.149. The van der Waals surface area contributed by atoms with Crippen molar-refractivity contribution in [2.45, 2.75) is 12.7 Å². The van der Waals surface area contributed by atoms with Crippen molar-refractivity contribution in [1.29, 1.82) is 0 Å². The maximum absolute atomic E-state index is 13.1. The number of hydrogen-bond donors (Lipinski definition) is 0. The zero-order valence-corrected chi connectivity index (χ0v) is 16.8. The number of rotatable bonds is 3. The lowest BCUT2D eigenvalue weighted by Gasteiger charge is -2.12. The zero-order valence-electron chi connectivity index (χ0n) is 14.5. The zero-order chi connectivity index (χ0) is 20.8. The molecule has 0 unspecified atom stereocenters. The van der Waals surface area contributed by atoms with Crippen LogP contribution in [0.15, 0.2) is 54.7 Å². The van der Waals surface area contributed by atoms with Crippen LogP contribution in [-0.2, 0) is 12.7 Å². The van der Waals surface area contributed by atoms with Crippen molar-refractivity contribution in [2.75, 3.05) is 0 Å². The SMILES string of the molecule is FC(F)(F)c1cccc(Cn2c(-c3ccc(Cl)nc3)nc3cc(Cl)c(Cl)cc32)c1. The largest absolute Gasteiger partial charge is 0.416 e. The van der Waals surface area contributed by atoms with Crippen molar-refractivity contribution in [1.82, 2.24) is 14.5 Å². The molecule has 2 aromatic carbocycles.